The number of nitrogens with one attached hydrogen (secondary N) is 2. The lowest BCUT2D eigenvalue weighted by atomic mass is 9.88. The van der Waals surface area contributed by atoms with Crippen LogP contribution in [0.15, 0.2) is 47.4 Å². The molecule has 1 amide bonds. The van der Waals surface area contributed by atoms with Crippen LogP contribution in [-0.2, 0) is 14.8 Å². The van der Waals surface area contributed by atoms with Crippen molar-refractivity contribution in [3.63, 3.8) is 0 Å². The normalized spacial score (nSPS) is 15.8. The molecule has 1 saturated carbocycles. The van der Waals surface area contributed by atoms with Crippen LogP contribution < -0.4 is 14.8 Å². The van der Waals surface area contributed by atoms with E-state index in [0.717, 1.165) is 25.7 Å². The van der Waals surface area contributed by atoms with Crippen molar-refractivity contribution in [2.24, 2.45) is 5.41 Å². The van der Waals surface area contributed by atoms with E-state index in [0.29, 0.717) is 5.69 Å². The number of amides is 1. The molecule has 0 unspecified atom stereocenters. The van der Waals surface area contributed by atoms with Gasteiger partial charge in [0.25, 0.3) is 10.0 Å². The summed E-state index contributed by atoms with van der Waals surface area (Å²) < 4.78 is 33.5. The summed E-state index contributed by atoms with van der Waals surface area (Å²) >= 11 is 6.06. The Bertz CT molecular complexity index is 985. The Morgan fingerprint density at radius 1 is 1.14 bits per heavy atom. The van der Waals surface area contributed by atoms with Gasteiger partial charge >= 0.3 is 0 Å². The van der Waals surface area contributed by atoms with Gasteiger partial charge in [-0.2, -0.15) is 0 Å². The smallest absolute Gasteiger partial charge is 0.265 e. The maximum absolute atomic E-state index is 12.9. The van der Waals surface area contributed by atoms with E-state index in [1.165, 1.54) is 19.2 Å². The molecule has 0 aromatic heterocycles. The zero-order valence-corrected chi connectivity index (χ0v) is 17.4. The molecule has 1 aliphatic carbocycles. The van der Waals surface area contributed by atoms with Gasteiger partial charge in [-0.05, 0) is 43.2 Å². The minimum atomic E-state index is -3.98. The lowest BCUT2D eigenvalue weighted by Crippen LogP contribution is -2.30. The lowest BCUT2D eigenvalue weighted by Gasteiger charge is -2.22. The van der Waals surface area contributed by atoms with E-state index >= 15 is 0 Å². The van der Waals surface area contributed by atoms with Crippen molar-refractivity contribution in [3.05, 3.63) is 47.5 Å². The second kappa shape index (κ2) is 8.01. The van der Waals surface area contributed by atoms with Crippen molar-refractivity contribution >= 4 is 38.9 Å². The third-order valence-electron chi connectivity index (χ3n) is 5.08. The largest absolute Gasteiger partial charge is 0.495 e. The van der Waals surface area contributed by atoms with Crippen LogP contribution in [0.2, 0.25) is 5.02 Å². The zero-order valence-electron chi connectivity index (χ0n) is 15.8. The minimum Gasteiger partial charge on any atom is -0.495 e. The first-order valence-electron chi connectivity index (χ1n) is 9.02. The Morgan fingerprint density at radius 3 is 2.46 bits per heavy atom. The number of anilines is 2. The first-order valence-corrected chi connectivity index (χ1v) is 10.9. The van der Waals surface area contributed by atoms with E-state index in [1.54, 1.807) is 30.3 Å². The molecule has 150 valence electrons. The van der Waals surface area contributed by atoms with Gasteiger partial charge in [-0.3, -0.25) is 9.52 Å². The van der Waals surface area contributed by atoms with Crippen molar-refractivity contribution in [1.29, 1.82) is 0 Å². The predicted octanol–water partition coefficient (Wildman–Crippen LogP) is 4.67. The van der Waals surface area contributed by atoms with E-state index in [-0.39, 0.29) is 27.3 Å². The SMILES string of the molecule is COc1ccc(NC(=O)C2(C)CCCC2)cc1S(=O)(=O)Nc1ccccc1Cl. The highest BCUT2D eigenvalue weighted by Crippen LogP contribution is 2.39. The molecule has 2 aromatic carbocycles. The highest BCUT2D eigenvalue weighted by molar-refractivity contribution is 7.92. The number of ether oxygens (including phenoxy) is 1. The van der Waals surface area contributed by atoms with E-state index in [1.807, 2.05) is 6.92 Å². The number of hydrogen-bond acceptors (Lipinski definition) is 4. The van der Waals surface area contributed by atoms with Gasteiger partial charge in [-0.1, -0.05) is 43.5 Å². The van der Waals surface area contributed by atoms with Gasteiger partial charge in [0.1, 0.15) is 10.6 Å². The average molecular weight is 423 g/mol. The second-order valence-electron chi connectivity index (χ2n) is 7.17. The molecule has 0 radical (unpaired) electrons. The summed E-state index contributed by atoms with van der Waals surface area (Å²) in [5, 5.41) is 3.13. The summed E-state index contributed by atoms with van der Waals surface area (Å²) in [6.07, 6.45) is 3.70. The minimum absolute atomic E-state index is 0.0794. The van der Waals surface area contributed by atoms with Crippen LogP contribution in [0.3, 0.4) is 0 Å². The van der Waals surface area contributed by atoms with E-state index < -0.39 is 15.4 Å². The average Bonchev–Trinajstić information content (AvgIpc) is 3.11. The predicted molar refractivity (Wildman–Crippen MR) is 110 cm³/mol. The molecule has 8 heteroatoms. The van der Waals surface area contributed by atoms with Gasteiger partial charge in [0.2, 0.25) is 5.91 Å². The number of para-hydroxylation sites is 1. The highest BCUT2D eigenvalue weighted by atomic mass is 35.5. The molecule has 28 heavy (non-hydrogen) atoms. The molecule has 3 rings (SSSR count). The first kappa shape index (κ1) is 20.5. The van der Waals surface area contributed by atoms with Gasteiger partial charge in [0.05, 0.1) is 17.8 Å². The van der Waals surface area contributed by atoms with Crippen molar-refractivity contribution < 1.29 is 17.9 Å². The Kier molecular flexibility index (Phi) is 5.86. The standard InChI is InChI=1S/C20H23ClN2O4S/c1-20(11-5-6-12-20)19(24)22-14-9-10-17(27-2)18(13-14)28(25,26)23-16-8-4-3-7-15(16)21/h3-4,7-10,13,23H,5-6,11-12H2,1-2H3,(H,22,24). The van der Waals surface area contributed by atoms with Gasteiger partial charge in [-0.25, -0.2) is 8.42 Å². The van der Waals surface area contributed by atoms with Crippen molar-refractivity contribution in [3.8, 4) is 5.75 Å². The molecular weight excluding hydrogens is 400 g/mol. The van der Waals surface area contributed by atoms with E-state index in [2.05, 4.69) is 10.0 Å². The quantitative estimate of drug-likeness (QED) is 0.708. The molecule has 1 fully saturated rings. The van der Waals surface area contributed by atoms with Crippen LogP contribution in [-0.4, -0.2) is 21.4 Å². The number of carbonyl (C=O) groups excluding carboxylic acids is 1. The molecule has 0 bridgehead atoms. The molecule has 6 nitrogen and oxygen atoms in total. The summed E-state index contributed by atoms with van der Waals surface area (Å²) in [5.74, 6) is 0.0715. The van der Waals surface area contributed by atoms with Gasteiger partial charge in [0.15, 0.2) is 0 Å². The zero-order chi connectivity index (χ0) is 20.4. The number of methoxy groups -OCH3 is 1. The van der Waals surface area contributed by atoms with Crippen LogP contribution in [0.5, 0.6) is 5.75 Å². The third-order valence-corrected chi connectivity index (χ3v) is 6.80. The van der Waals surface area contributed by atoms with E-state index in [4.69, 9.17) is 16.3 Å². The Labute approximate surface area is 170 Å². The maximum Gasteiger partial charge on any atom is 0.265 e. The van der Waals surface area contributed by atoms with Crippen molar-refractivity contribution in [1.82, 2.24) is 0 Å². The van der Waals surface area contributed by atoms with Gasteiger partial charge in [0, 0.05) is 11.1 Å². The molecule has 0 spiro atoms. The summed E-state index contributed by atoms with van der Waals surface area (Å²) in [7, 11) is -2.59. The molecule has 0 heterocycles. The monoisotopic (exact) mass is 422 g/mol. The summed E-state index contributed by atoms with van der Waals surface area (Å²) in [6, 6.07) is 11.1. The lowest BCUT2D eigenvalue weighted by molar-refractivity contribution is -0.124. The van der Waals surface area contributed by atoms with Crippen LogP contribution in [0.4, 0.5) is 11.4 Å². The Morgan fingerprint density at radius 2 is 1.82 bits per heavy atom. The Balaban J connectivity index is 1.90. The van der Waals surface area contributed by atoms with Crippen LogP contribution in [0.25, 0.3) is 0 Å². The maximum atomic E-state index is 12.9. The second-order valence-corrected chi connectivity index (χ2v) is 9.23. The van der Waals surface area contributed by atoms with Gasteiger partial charge in [-0.15, -0.1) is 0 Å². The van der Waals surface area contributed by atoms with Crippen LogP contribution in [0, 0.1) is 5.41 Å². The molecular formula is C20H23ClN2O4S. The van der Waals surface area contributed by atoms with Gasteiger partial charge < -0.3 is 10.1 Å². The topological polar surface area (TPSA) is 84.5 Å². The fourth-order valence-corrected chi connectivity index (χ4v) is 4.89. The molecule has 0 aliphatic heterocycles. The fraction of sp³-hybridized carbons (Fsp3) is 0.350. The first-order chi connectivity index (χ1) is 13.2. The number of hydrogen-bond donors (Lipinski definition) is 2. The number of carbonyl (C=O) groups is 1. The highest BCUT2D eigenvalue weighted by Gasteiger charge is 2.36. The summed E-state index contributed by atoms with van der Waals surface area (Å²) in [5.41, 5.74) is 0.243. The van der Waals surface area contributed by atoms with Crippen LogP contribution in [0.1, 0.15) is 32.6 Å². The van der Waals surface area contributed by atoms with Crippen molar-refractivity contribution in [2.45, 2.75) is 37.5 Å². The van der Waals surface area contributed by atoms with Crippen LogP contribution >= 0.6 is 11.6 Å². The number of halogens is 1. The van der Waals surface area contributed by atoms with E-state index in [9.17, 15) is 13.2 Å². The molecule has 2 aromatic rings. The molecule has 0 atom stereocenters. The van der Waals surface area contributed by atoms with Crippen molar-refractivity contribution in [2.75, 3.05) is 17.1 Å². The summed E-state index contributed by atoms with van der Waals surface area (Å²) in [4.78, 5) is 12.6. The number of rotatable bonds is 6. The molecule has 1 aliphatic rings. The molecule has 2 N–H and O–H groups in total. The third kappa shape index (κ3) is 4.25. The molecule has 0 saturated heterocycles. The fourth-order valence-electron chi connectivity index (χ4n) is 3.37. The number of benzene rings is 2. The summed E-state index contributed by atoms with van der Waals surface area (Å²) in [6.45, 7) is 1.94. The Hall–Kier alpha value is -2.25. The number of sulfonamides is 1.